The standard InChI is InChI=1S/C90H98N2/c1-7-9-11-13-15-17-19-21-23-32-56-90(57-33-24-22-20-18-16-14-12-10-8-2)85-60-65(3)40-52-79(85)80-53-45-70(62-86(80)90)72-58-66(4)59-76(61-72)92-87-39-31-29-37-81(87)82-54-46-71(63-88(82)92)69-43-49-74(50-44-69)91(73-47-41-68(42-48-73)67-34-26-25-27-35-67)75-51-55-78-77-36-28-30-38-83(77)89(5,6)84(78)64-75/h25-31,34-55,58-64H,7-24,32-33,56-57H2,1-6H3. The van der Waals surface area contributed by atoms with Gasteiger partial charge in [0.25, 0.3) is 0 Å². The highest BCUT2D eigenvalue weighted by Gasteiger charge is 2.43. The summed E-state index contributed by atoms with van der Waals surface area (Å²) >= 11 is 0. The lowest BCUT2D eigenvalue weighted by Crippen LogP contribution is -2.25. The lowest BCUT2D eigenvalue weighted by molar-refractivity contribution is 0.397. The zero-order valence-electron chi connectivity index (χ0n) is 56.2. The van der Waals surface area contributed by atoms with Gasteiger partial charge in [0.05, 0.1) is 11.0 Å². The molecular formula is C90H98N2. The Morgan fingerprint density at radius 3 is 1.42 bits per heavy atom. The predicted molar refractivity (Wildman–Crippen MR) is 398 cm³/mol. The van der Waals surface area contributed by atoms with Crippen molar-refractivity contribution in [2.45, 2.75) is 194 Å². The fraction of sp³-hybridized carbons (Fsp3) is 0.333. The number of anilines is 3. The van der Waals surface area contributed by atoms with E-state index in [1.807, 2.05) is 0 Å². The maximum Gasteiger partial charge on any atom is 0.0547 e. The molecule has 0 amide bonds. The number of para-hydroxylation sites is 1. The molecule has 0 saturated carbocycles. The molecule has 2 heteroatoms. The van der Waals surface area contributed by atoms with Crippen LogP contribution in [0.4, 0.5) is 17.1 Å². The first-order valence-corrected chi connectivity index (χ1v) is 35.9. The van der Waals surface area contributed by atoms with Crippen molar-refractivity contribution >= 4 is 38.9 Å². The number of aryl methyl sites for hydroxylation is 2. The first-order valence-electron chi connectivity index (χ1n) is 35.9. The van der Waals surface area contributed by atoms with E-state index < -0.39 is 0 Å². The van der Waals surface area contributed by atoms with Gasteiger partial charge in [-0.1, -0.05) is 313 Å². The van der Waals surface area contributed by atoms with Crippen LogP contribution in [0.3, 0.4) is 0 Å². The summed E-state index contributed by atoms with van der Waals surface area (Å²) in [6.07, 6.45) is 29.7. The molecule has 0 saturated heterocycles. The van der Waals surface area contributed by atoms with Crippen LogP contribution < -0.4 is 4.90 Å². The highest BCUT2D eigenvalue weighted by molar-refractivity contribution is 6.10. The normalized spacial score (nSPS) is 13.4. The molecular weight excluding hydrogens is 1110 g/mol. The summed E-state index contributed by atoms with van der Waals surface area (Å²) in [7, 11) is 0. The van der Waals surface area contributed by atoms with Gasteiger partial charge in [-0.2, -0.15) is 0 Å². The molecule has 468 valence electrons. The molecule has 2 nitrogen and oxygen atoms in total. The first kappa shape index (κ1) is 62.6. The fourth-order valence-corrected chi connectivity index (χ4v) is 16.3. The highest BCUT2D eigenvalue weighted by Crippen LogP contribution is 2.56. The van der Waals surface area contributed by atoms with E-state index in [0.29, 0.717) is 0 Å². The van der Waals surface area contributed by atoms with Crippen LogP contribution in [-0.4, -0.2) is 4.57 Å². The number of nitrogens with zero attached hydrogens (tertiary/aromatic N) is 2. The third-order valence-electron chi connectivity index (χ3n) is 21.3. The number of rotatable bonds is 29. The van der Waals surface area contributed by atoms with Crippen LogP contribution in [-0.2, 0) is 10.8 Å². The van der Waals surface area contributed by atoms with Crippen LogP contribution in [0.1, 0.15) is 202 Å². The maximum atomic E-state index is 2.66. The number of benzene rings is 10. The van der Waals surface area contributed by atoms with Crippen molar-refractivity contribution in [2.75, 3.05) is 4.90 Å². The molecule has 11 aromatic rings. The molecule has 0 unspecified atom stereocenters. The van der Waals surface area contributed by atoms with Crippen LogP contribution in [0.5, 0.6) is 0 Å². The molecule has 13 rings (SSSR count). The topological polar surface area (TPSA) is 8.17 Å². The van der Waals surface area contributed by atoms with Crippen LogP contribution in [0, 0.1) is 13.8 Å². The summed E-state index contributed by atoms with van der Waals surface area (Å²) in [6.45, 7) is 14.0. The van der Waals surface area contributed by atoms with E-state index in [0.717, 1.165) is 17.1 Å². The SMILES string of the molecule is CCCCCCCCCCCCC1(CCCCCCCCCCCC)c2cc(C)ccc2-c2ccc(-c3cc(C)cc(-n4c5ccccc5c5ccc(-c6ccc(N(c7ccc(-c8ccccc8)cc7)c7ccc8c(c7)C(C)(C)c7ccccc7-8)cc6)cc54)c3)cc21. The Morgan fingerprint density at radius 2 is 0.772 bits per heavy atom. The van der Waals surface area contributed by atoms with Crippen molar-refractivity contribution in [3.63, 3.8) is 0 Å². The number of aromatic nitrogens is 1. The average Bonchev–Trinajstić information content (AvgIpc) is 1.55. The largest absolute Gasteiger partial charge is 0.310 e. The Balaban J connectivity index is 0.827. The third-order valence-corrected chi connectivity index (χ3v) is 21.3. The lowest BCUT2D eigenvalue weighted by Gasteiger charge is -2.33. The Labute approximate surface area is 551 Å². The second-order valence-corrected chi connectivity index (χ2v) is 28.1. The maximum absolute atomic E-state index is 2.66. The molecule has 1 aromatic heterocycles. The quantitative estimate of drug-likeness (QED) is 0.0424. The molecule has 2 aliphatic rings. The summed E-state index contributed by atoms with van der Waals surface area (Å²) in [5, 5.41) is 2.54. The average molecular weight is 1210 g/mol. The van der Waals surface area contributed by atoms with E-state index >= 15 is 0 Å². The second-order valence-electron chi connectivity index (χ2n) is 28.1. The van der Waals surface area contributed by atoms with E-state index in [-0.39, 0.29) is 10.8 Å². The Morgan fingerprint density at radius 1 is 0.304 bits per heavy atom. The van der Waals surface area contributed by atoms with Crippen molar-refractivity contribution in [2.24, 2.45) is 0 Å². The van der Waals surface area contributed by atoms with Crippen LogP contribution in [0.15, 0.2) is 218 Å². The molecule has 92 heavy (non-hydrogen) atoms. The summed E-state index contributed by atoms with van der Waals surface area (Å²) in [5.74, 6) is 0. The number of unbranched alkanes of at least 4 members (excludes halogenated alkanes) is 18. The number of fused-ring (bicyclic) bond motifs is 9. The summed E-state index contributed by atoms with van der Waals surface area (Å²) in [4.78, 5) is 2.44. The van der Waals surface area contributed by atoms with Gasteiger partial charge in [0, 0.05) is 44.4 Å². The molecule has 0 radical (unpaired) electrons. The molecule has 0 aliphatic heterocycles. The monoisotopic (exact) mass is 1210 g/mol. The molecule has 2 aliphatic carbocycles. The van der Waals surface area contributed by atoms with E-state index in [2.05, 4.69) is 269 Å². The van der Waals surface area contributed by atoms with E-state index in [9.17, 15) is 0 Å². The highest BCUT2D eigenvalue weighted by atomic mass is 15.1. The molecule has 0 atom stereocenters. The summed E-state index contributed by atoms with van der Waals surface area (Å²) < 4.78 is 2.54. The minimum absolute atomic E-state index is 0.0134. The zero-order chi connectivity index (χ0) is 63.0. The minimum Gasteiger partial charge on any atom is -0.310 e. The van der Waals surface area contributed by atoms with Gasteiger partial charge in [-0.05, 0) is 177 Å². The van der Waals surface area contributed by atoms with E-state index in [1.54, 1.807) is 11.1 Å². The third kappa shape index (κ3) is 12.9. The van der Waals surface area contributed by atoms with Gasteiger partial charge in [0.1, 0.15) is 0 Å². The second kappa shape index (κ2) is 28.3. The molecule has 0 fully saturated rings. The van der Waals surface area contributed by atoms with Crippen LogP contribution >= 0.6 is 0 Å². The van der Waals surface area contributed by atoms with Gasteiger partial charge in [0.2, 0.25) is 0 Å². The van der Waals surface area contributed by atoms with Crippen molar-refractivity contribution in [3.05, 3.63) is 252 Å². The van der Waals surface area contributed by atoms with Gasteiger partial charge in [-0.3, -0.25) is 0 Å². The first-order chi connectivity index (χ1) is 45.1. The minimum atomic E-state index is -0.117. The Kier molecular flexibility index (Phi) is 19.3. The van der Waals surface area contributed by atoms with E-state index in [1.165, 1.54) is 247 Å². The number of hydrogen-bond acceptors (Lipinski definition) is 1. The van der Waals surface area contributed by atoms with E-state index in [4.69, 9.17) is 0 Å². The van der Waals surface area contributed by atoms with Gasteiger partial charge < -0.3 is 9.47 Å². The Bertz CT molecular complexity index is 4280. The van der Waals surface area contributed by atoms with Gasteiger partial charge in [-0.15, -0.1) is 0 Å². The van der Waals surface area contributed by atoms with Crippen molar-refractivity contribution in [3.8, 4) is 61.3 Å². The van der Waals surface area contributed by atoms with Crippen molar-refractivity contribution in [1.82, 2.24) is 4.57 Å². The Hall–Kier alpha value is -8.20. The van der Waals surface area contributed by atoms with Gasteiger partial charge >= 0.3 is 0 Å². The smallest absolute Gasteiger partial charge is 0.0547 e. The van der Waals surface area contributed by atoms with Gasteiger partial charge in [0.15, 0.2) is 0 Å². The van der Waals surface area contributed by atoms with Crippen molar-refractivity contribution in [1.29, 1.82) is 0 Å². The van der Waals surface area contributed by atoms with Gasteiger partial charge in [-0.25, -0.2) is 0 Å². The summed E-state index contributed by atoms with van der Waals surface area (Å²) in [5.41, 5.74) is 28.6. The predicted octanol–water partition coefficient (Wildman–Crippen LogP) is 27.1. The molecule has 10 aromatic carbocycles. The van der Waals surface area contributed by atoms with Crippen LogP contribution in [0.2, 0.25) is 0 Å². The summed E-state index contributed by atoms with van der Waals surface area (Å²) in [6, 6.07) is 83.7. The molecule has 0 bridgehead atoms. The lowest BCUT2D eigenvalue weighted by atomic mass is 9.70. The zero-order valence-corrected chi connectivity index (χ0v) is 56.2. The molecule has 0 N–H and O–H groups in total. The van der Waals surface area contributed by atoms with Crippen LogP contribution in [0.25, 0.3) is 83.1 Å². The van der Waals surface area contributed by atoms with Crippen molar-refractivity contribution < 1.29 is 0 Å². The molecule has 0 spiro atoms. The number of hydrogen-bond donors (Lipinski definition) is 0. The fourth-order valence-electron chi connectivity index (χ4n) is 16.3. The molecule has 1 heterocycles.